The Kier molecular flexibility index (Phi) is 1.79. The summed E-state index contributed by atoms with van der Waals surface area (Å²) in [6, 6.07) is 0. The van der Waals surface area contributed by atoms with Gasteiger partial charge in [0.2, 0.25) is 5.95 Å². The molecule has 2 aromatic rings. The van der Waals surface area contributed by atoms with Gasteiger partial charge in [-0.25, -0.2) is 4.98 Å². The molecular formula is C9H13N5O4. The number of imidazole rings is 1. The van der Waals surface area contributed by atoms with Gasteiger partial charge in [-0.15, -0.1) is 0 Å². The van der Waals surface area contributed by atoms with Gasteiger partial charge in [0.05, 0.1) is 27.6 Å². The topological polar surface area (TPSA) is 150 Å². The highest BCUT2D eigenvalue weighted by Crippen LogP contribution is 2.08. The van der Waals surface area contributed by atoms with Crippen molar-refractivity contribution in [3.63, 3.8) is 0 Å². The van der Waals surface area contributed by atoms with E-state index in [-0.39, 0.29) is 16.2 Å². The molecule has 0 aliphatic heterocycles. The molecule has 0 aromatic carbocycles. The molecule has 0 spiro atoms. The second-order valence-corrected chi connectivity index (χ2v) is 3.16. The predicted molar refractivity (Wildman–Crippen MR) is 61.7 cm³/mol. The van der Waals surface area contributed by atoms with Crippen LogP contribution in [0.25, 0.3) is 11.2 Å². The minimum atomic E-state index is -4.03. The van der Waals surface area contributed by atoms with Crippen LogP contribution in [0, 0.1) is 0 Å². The van der Waals surface area contributed by atoms with Crippen LogP contribution in [0.15, 0.2) is 11.1 Å². The predicted octanol–water partition coefficient (Wildman–Crippen LogP) is -2.58. The van der Waals surface area contributed by atoms with Gasteiger partial charge in [0.15, 0.2) is 11.2 Å². The fourth-order valence-corrected chi connectivity index (χ4v) is 1.25. The summed E-state index contributed by atoms with van der Waals surface area (Å²) in [4.78, 5) is 21.2. The second-order valence-electron chi connectivity index (χ2n) is 3.16. The highest BCUT2D eigenvalue weighted by atomic mass is 16.4. The number of nitrogens with zero attached hydrogens (tertiary/aromatic N) is 3. The quantitative estimate of drug-likeness (QED) is 0.405. The number of nitrogens with one attached hydrogen (secondary N) is 1. The van der Waals surface area contributed by atoms with Crippen molar-refractivity contribution in [1.82, 2.24) is 19.5 Å². The summed E-state index contributed by atoms with van der Waals surface area (Å²) in [5.41, 5.74) is 3.38. The molecule has 2 unspecified atom stereocenters. The van der Waals surface area contributed by atoms with E-state index in [1.54, 1.807) is 0 Å². The molecule has 0 bridgehead atoms. The Morgan fingerprint density at radius 2 is 2.33 bits per heavy atom. The molecule has 0 radical (unpaired) electrons. The van der Waals surface area contributed by atoms with E-state index >= 15 is 0 Å². The van der Waals surface area contributed by atoms with Gasteiger partial charge in [0, 0.05) is 0 Å². The monoisotopic (exact) mass is 261 g/mol. The number of rotatable bonds is 4. The van der Waals surface area contributed by atoms with Gasteiger partial charge in [0.1, 0.15) is 12.2 Å². The minimum absolute atomic E-state index is 0.284. The van der Waals surface area contributed by atoms with Crippen molar-refractivity contribution in [2.24, 2.45) is 0 Å². The Morgan fingerprint density at radius 3 is 3.00 bits per heavy atom. The van der Waals surface area contributed by atoms with E-state index in [4.69, 9.17) is 14.0 Å². The van der Waals surface area contributed by atoms with Crippen LogP contribution in [-0.4, -0.2) is 53.6 Å². The van der Waals surface area contributed by atoms with Gasteiger partial charge >= 0.3 is 0 Å². The zero-order valence-electron chi connectivity index (χ0n) is 14.7. The highest BCUT2D eigenvalue weighted by molar-refractivity contribution is 5.70. The Labute approximate surface area is 109 Å². The summed E-state index contributed by atoms with van der Waals surface area (Å²) in [6.45, 7) is -7.36. The molecule has 18 heavy (non-hydrogen) atoms. The maximum absolute atomic E-state index is 11.9. The molecule has 9 nitrogen and oxygen atoms in total. The minimum Gasteiger partial charge on any atom is -0.394 e. The van der Waals surface area contributed by atoms with Crippen molar-refractivity contribution in [1.29, 1.82) is 0 Å². The van der Waals surface area contributed by atoms with Crippen LogP contribution in [0.4, 0.5) is 5.95 Å². The molecule has 0 saturated heterocycles. The number of nitrogen functional groups attached to an aromatic ring is 1. The number of H-pyrrole nitrogens is 1. The van der Waals surface area contributed by atoms with Crippen LogP contribution in [0.3, 0.4) is 0 Å². The third-order valence-corrected chi connectivity index (χ3v) is 1.99. The van der Waals surface area contributed by atoms with Crippen molar-refractivity contribution in [3.8, 4) is 0 Å². The number of fused-ring (bicyclic) bond motifs is 1. The molecule has 98 valence electrons. The lowest BCUT2D eigenvalue weighted by Gasteiger charge is -2.15. The van der Waals surface area contributed by atoms with E-state index in [1.165, 1.54) is 0 Å². The number of hydrogen-bond donors (Lipinski definition) is 5. The first-order valence-corrected chi connectivity index (χ1v) is 4.55. The van der Waals surface area contributed by atoms with Crippen LogP contribution in [0.5, 0.6) is 0 Å². The summed E-state index contributed by atoms with van der Waals surface area (Å²) >= 11 is 0. The lowest BCUT2D eigenvalue weighted by atomic mass is 10.2. The average molecular weight is 261 g/mol. The van der Waals surface area contributed by atoms with Crippen LogP contribution < -0.4 is 11.3 Å². The van der Waals surface area contributed by atoms with Crippen molar-refractivity contribution >= 4 is 17.1 Å². The van der Waals surface area contributed by atoms with Crippen LogP contribution in [-0.2, 0) is 6.50 Å². The van der Waals surface area contributed by atoms with Crippen LogP contribution >= 0.6 is 0 Å². The van der Waals surface area contributed by atoms with E-state index in [1.807, 2.05) is 4.98 Å². The fraction of sp³-hybridized carbons (Fsp3) is 0.444. The van der Waals surface area contributed by atoms with Crippen molar-refractivity contribution in [2.75, 3.05) is 12.3 Å². The number of aliphatic hydroxyl groups is 3. The highest BCUT2D eigenvalue weighted by Gasteiger charge is 2.18. The molecule has 0 aliphatic rings. The SMILES string of the molecule is [2H]C([2H])(O)C([2H])(O)C([2H])(O)C([2H])([2H])n1cnc2nc(N)[nH]c(=O)c21. The second kappa shape index (κ2) is 4.72. The molecule has 2 aromatic heterocycles. The maximum atomic E-state index is 11.9. The van der Waals surface area contributed by atoms with Gasteiger partial charge in [-0.3, -0.25) is 9.78 Å². The van der Waals surface area contributed by atoms with Crippen molar-refractivity contribution in [3.05, 3.63) is 16.7 Å². The normalized spacial score (nSPS) is 24.8. The number of anilines is 1. The zero-order valence-corrected chi connectivity index (χ0v) is 8.75. The van der Waals surface area contributed by atoms with Gasteiger partial charge in [0.25, 0.3) is 5.56 Å². The first kappa shape index (κ1) is 6.83. The van der Waals surface area contributed by atoms with E-state index in [2.05, 4.69) is 9.97 Å². The molecule has 0 aliphatic carbocycles. The Balaban J connectivity index is 2.73. The van der Waals surface area contributed by atoms with E-state index in [0.29, 0.717) is 6.33 Å². The lowest BCUT2D eigenvalue weighted by Crippen LogP contribution is -2.33. The summed E-state index contributed by atoms with van der Waals surface area (Å²) in [6.07, 6.45) is -7.36. The lowest BCUT2D eigenvalue weighted by molar-refractivity contribution is -0.0210. The standard InChI is InChI=1S/C9H13N5O4/c10-9-12-7-6(8(18)13-9)14(3-11-7)1-4(16)5(17)2-15/h3-5,15-17H,1-2H2,(H3,10,12,13,18)/i1D2,2D2,4D,5D. The summed E-state index contributed by atoms with van der Waals surface area (Å²) in [5.74, 6) is -0.330. The zero-order chi connectivity index (χ0) is 18.7. The molecule has 9 heteroatoms. The number of aromatic nitrogens is 4. The van der Waals surface area contributed by atoms with E-state index in [9.17, 15) is 20.1 Å². The van der Waals surface area contributed by atoms with Gasteiger partial charge in [-0.2, -0.15) is 4.98 Å². The average Bonchev–Trinajstić information content (AvgIpc) is 2.81. The van der Waals surface area contributed by atoms with Crippen molar-refractivity contribution < 1.29 is 23.5 Å². The first-order valence-electron chi connectivity index (χ1n) is 7.55. The van der Waals surface area contributed by atoms with Crippen molar-refractivity contribution in [2.45, 2.75) is 18.7 Å². The third kappa shape index (κ3) is 2.18. The molecule has 2 atom stereocenters. The molecule has 2 rings (SSSR count). The Hall–Kier alpha value is -1.97. The fourth-order valence-electron chi connectivity index (χ4n) is 1.25. The van der Waals surface area contributed by atoms with E-state index in [0.717, 1.165) is 0 Å². The third-order valence-electron chi connectivity index (χ3n) is 1.99. The molecule has 0 amide bonds. The van der Waals surface area contributed by atoms with E-state index < -0.39 is 36.3 Å². The van der Waals surface area contributed by atoms with Gasteiger partial charge in [-0.05, 0) is 0 Å². The smallest absolute Gasteiger partial charge is 0.278 e. The molecular weight excluding hydrogens is 242 g/mol. The van der Waals surface area contributed by atoms with Gasteiger partial charge in [-0.1, -0.05) is 0 Å². The first-order chi connectivity index (χ1) is 10.6. The largest absolute Gasteiger partial charge is 0.394 e. The molecule has 2 heterocycles. The van der Waals surface area contributed by atoms with Gasteiger partial charge < -0.3 is 25.6 Å². The number of hydrogen-bond acceptors (Lipinski definition) is 7. The molecule has 0 fully saturated rings. The summed E-state index contributed by atoms with van der Waals surface area (Å²) in [7, 11) is 0. The Morgan fingerprint density at radius 1 is 1.61 bits per heavy atom. The molecule has 6 N–H and O–H groups in total. The van der Waals surface area contributed by atoms with Crippen LogP contribution in [0.2, 0.25) is 0 Å². The number of aromatic amines is 1. The summed E-state index contributed by atoms with van der Waals surface area (Å²) < 4.78 is 44.8. The Bertz CT molecular complexity index is 841. The number of nitrogens with two attached hydrogens (primary N) is 1. The molecule has 0 saturated carbocycles. The van der Waals surface area contributed by atoms with Crippen LogP contribution in [0.1, 0.15) is 8.22 Å². The maximum Gasteiger partial charge on any atom is 0.278 e. The summed E-state index contributed by atoms with van der Waals surface area (Å²) in [5, 5.41) is 28.9.